The van der Waals surface area contributed by atoms with Crippen LogP contribution in [0.25, 0.3) is 0 Å². The van der Waals surface area contributed by atoms with Crippen LogP contribution in [0.5, 0.6) is 5.75 Å². The van der Waals surface area contributed by atoms with Crippen LogP contribution in [0.4, 0.5) is 13.2 Å². The number of halogens is 3. The summed E-state index contributed by atoms with van der Waals surface area (Å²) in [4.78, 5) is 0. The maximum Gasteiger partial charge on any atom is 0.573 e. The Morgan fingerprint density at radius 3 is 2.50 bits per heavy atom. The number of hydrogen-bond acceptors (Lipinski definition) is 3. The summed E-state index contributed by atoms with van der Waals surface area (Å²) >= 11 is 0. The normalized spacial score (nSPS) is 18.8. The molecule has 1 aromatic carbocycles. The largest absolute Gasteiger partial charge is 0.573 e. The molecule has 0 radical (unpaired) electrons. The fourth-order valence-electron chi connectivity index (χ4n) is 2.88. The number of alkyl halides is 3. The number of rotatable bonds is 4. The Kier molecular flexibility index (Phi) is 4.88. The van der Waals surface area contributed by atoms with Crippen molar-refractivity contribution in [2.24, 2.45) is 11.8 Å². The summed E-state index contributed by atoms with van der Waals surface area (Å²) in [5, 5.41) is 0. The third-order valence-corrected chi connectivity index (χ3v) is 3.75. The van der Waals surface area contributed by atoms with E-state index in [9.17, 15) is 13.2 Å². The molecule has 20 heavy (non-hydrogen) atoms. The van der Waals surface area contributed by atoms with Gasteiger partial charge < -0.3 is 4.74 Å². The SMILES string of the molecule is NNC(c1cccc(OC(F)(F)F)c1)C1CCCCC1. The van der Waals surface area contributed by atoms with Gasteiger partial charge in [-0.25, -0.2) is 0 Å². The van der Waals surface area contributed by atoms with Gasteiger partial charge in [-0.2, -0.15) is 0 Å². The molecule has 1 aliphatic rings. The molecule has 2 rings (SSSR count). The minimum atomic E-state index is -4.67. The van der Waals surface area contributed by atoms with E-state index >= 15 is 0 Å². The van der Waals surface area contributed by atoms with E-state index in [-0.39, 0.29) is 11.8 Å². The lowest BCUT2D eigenvalue weighted by atomic mass is 9.81. The van der Waals surface area contributed by atoms with E-state index in [1.54, 1.807) is 12.1 Å². The number of hydrogen-bond donors (Lipinski definition) is 2. The van der Waals surface area contributed by atoms with Crippen molar-refractivity contribution in [3.63, 3.8) is 0 Å². The van der Waals surface area contributed by atoms with E-state index in [0.29, 0.717) is 5.92 Å². The lowest BCUT2D eigenvalue weighted by Gasteiger charge is -2.30. The van der Waals surface area contributed by atoms with E-state index in [0.717, 1.165) is 31.2 Å². The van der Waals surface area contributed by atoms with Crippen LogP contribution in [0.15, 0.2) is 24.3 Å². The molecular weight excluding hydrogens is 269 g/mol. The first-order chi connectivity index (χ1) is 9.49. The van der Waals surface area contributed by atoms with Crippen LogP contribution >= 0.6 is 0 Å². The van der Waals surface area contributed by atoms with Crippen LogP contribution in [0.3, 0.4) is 0 Å². The first-order valence-corrected chi connectivity index (χ1v) is 6.81. The van der Waals surface area contributed by atoms with Crippen LogP contribution in [-0.4, -0.2) is 6.36 Å². The Labute approximate surface area is 116 Å². The van der Waals surface area contributed by atoms with Crippen LogP contribution in [0.1, 0.15) is 43.7 Å². The van der Waals surface area contributed by atoms with Crippen LogP contribution in [0, 0.1) is 5.92 Å². The molecule has 1 atom stereocenters. The molecule has 112 valence electrons. The number of benzene rings is 1. The highest BCUT2D eigenvalue weighted by molar-refractivity contribution is 5.31. The van der Waals surface area contributed by atoms with Crippen molar-refractivity contribution in [2.75, 3.05) is 0 Å². The van der Waals surface area contributed by atoms with E-state index < -0.39 is 6.36 Å². The zero-order valence-corrected chi connectivity index (χ0v) is 11.1. The highest BCUT2D eigenvalue weighted by Crippen LogP contribution is 2.35. The van der Waals surface area contributed by atoms with Gasteiger partial charge in [0.2, 0.25) is 0 Å². The minimum Gasteiger partial charge on any atom is -0.406 e. The summed E-state index contributed by atoms with van der Waals surface area (Å²) in [7, 11) is 0. The third kappa shape index (κ3) is 4.11. The number of nitrogens with one attached hydrogen (secondary N) is 1. The zero-order valence-electron chi connectivity index (χ0n) is 11.1. The molecule has 0 saturated heterocycles. The standard InChI is InChI=1S/C14H19F3N2O/c15-14(16,17)20-12-8-4-7-11(9-12)13(19-18)10-5-2-1-3-6-10/h4,7-10,13,19H,1-3,5-6,18H2. The summed E-state index contributed by atoms with van der Waals surface area (Å²) < 4.78 is 40.7. The molecule has 0 aliphatic heterocycles. The fraction of sp³-hybridized carbons (Fsp3) is 0.571. The molecule has 0 amide bonds. The molecular formula is C14H19F3N2O. The van der Waals surface area contributed by atoms with Gasteiger partial charge in [0, 0.05) is 6.04 Å². The molecule has 1 aromatic rings. The smallest absolute Gasteiger partial charge is 0.406 e. The molecule has 1 saturated carbocycles. The molecule has 0 spiro atoms. The predicted molar refractivity (Wildman–Crippen MR) is 69.8 cm³/mol. The van der Waals surface area contributed by atoms with Crippen molar-refractivity contribution in [3.8, 4) is 5.75 Å². The molecule has 0 bridgehead atoms. The van der Waals surface area contributed by atoms with E-state index in [2.05, 4.69) is 10.2 Å². The molecule has 6 heteroatoms. The average molecular weight is 288 g/mol. The van der Waals surface area contributed by atoms with Gasteiger partial charge in [-0.1, -0.05) is 31.4 Å². The summed E-state index contributed by atoms with van der Waals surface area (Å²) in [6, 6.07) is 5.91. The second kappa shape index (κ2) is 6.45. The Morgan fingerprint density at radius 1 is 1.20 bits per heavy atom. The van der Waals surface area contributed by atoms with Crippen molar-refractivity contribution in [2.45, 2.75) is 44.5 Å². The predicted octanol–water partition coefficient (Wildman–Crippen LogP) is 3.67. The summed E-state index contributed by atoms with van der Waals surface area (Å²) in [5.41, 5.74) is 3.48. The molecule has 1 aliphatic carbocycles. The van der Waals surface area contributed by atoms with Crippen molar-refractivity contribution < 1.29 is 17.9 Å². The molecule has 3 nitrogen and oxygen atoms in total. The average Bonchev–Trinajstić information content (AvgIpc) is 2.39. The lowest BCUT2D eigenvalue weighted by Crippen LogP contribution is -2.34. The van der Waals surface area contributed by atoms with Gasteiger partial charge in [0.05, 0.1) is 0 Å². The minimum absolute atomic E-state index is 0.132. The van der Waals surface area contributed by atoms with E-state index in [1.165, 1.54) is 18.6 Å². The fourth-order valence-corrected chi connectivity index (χ4v) is 2.88. The Bertz CT molecular complexity index is 431. The highest BCUT2D eigenvalue weighted by atomic mass is 19.4. The molecule has 3 N–H and O–H groups in total. The van der Waals surface area contributed by atoms with Gasteiger partial charge in [-0.15, -0.1) is 13.2 Å². The zero-order chi connectivity index (χ0) is 14.6. The van der Waals surface area contributed by atoms with E-state index in [4.69, 9.17) is 5.84 Å². The number of hydrazine groups is 1. The van der Waals surface area contributed by atoms with Crippen LogP contribution in [-0.2, 0) is 0 Å². The Hall–Kier alpha value is -1.27. The molecule has 0 aromatic heterocycles. The number of ether oxygens (including phenoxy) is 1. The second-order valence-electron chi connectivity index (χ2n) is 5.16. The van der Waals surface area contributed by atoms with Crippen molar-refractivity contribution >= 4 is 0 Å². The molecule has 1 fully saturated rings. The maximum atomic E-state index is 12.2. The van der Waals surface area contributed by atoms with Gasteiger partial charge in [-0.05, 0) is 36.5 Å². The van der Waals surface area contributed by atoms with Crippen molar-refractivity contribution in [3.05, 3.63) is 29.8 Å². The topological polar surface area (TPSA) is 47.3 Å². The molecule has 0 heterocycles. The van der Waals surface area contributed by atoms with Crippen LogP contribution < -0.4 is 16.0 Å². The Morgan fingerprint density at radius 2 is 1.90 bits per heavy atom. The van der Waals surface area contributed by atoms with Gasteiger partial charge in [0.1, 0.15) is 5.75 Å². The number of nitrogens with two attached hydrogens (primary N) is 1. The van der Waals surface area contributed by atoms with Gasteiger partial charge >= 0.3 is 6.36 Å². The van der Waals surface area contributed by atoms with E-state index in [1.807, 2.05) is 0 Å². The quantitative estimate of drug-likeness (QED) is 0.656. The first-order valence-electron chi connectivity index (χ1n) is 6.81. The van der Waals surface area contributed by atoms with Gasteiger partial charge in [0.25, 0.3) is 0 Å². The first kappa shape index (κ1) is 15.1. The van der Waals surface area contributed by atoms with Crippen molar-refractivity contribution in [1.29, 1.82) is 0 Å². The monoisotopic (exact) mass is 288 g/mol. The van der Waals surface area contributed by atoms with Crippen molar-refractivity contribution in [1.82, 2.24) is 5.43 Å². The molecule has 1 unspecified atom stereocenters. The second-order valence-corrected chi connectivity index (χ2v) is 5.16. The van der Waals surface area contributed by atoms with Crippen LogP contribution in [0.2, 0.25) is 0 Å². The highest BCUT2D eigenvalue weighted by Gasteiger charge is 2.31. The lowest BCUT2D eigenvalue weighted by molar-refractivity contribution is -0.274. The Balaban J connectivity index is 2.14. The summed E-state index contributed by atoms with van der Waals surface area (Å²) in [6.07, 6.45) is 0.905. The third-order valence-electron chi connectivity index (χ3n) is 3.75. The van der Waals surface area contributed by atoms with Gasteiger partial charge in [0.15, 0.2) is 0 Å². The summed E-state index contributed by atoms with van der Waals surface area (Å²) in [6.45, 7) is 0. The maximum absolute atomic E-state index is 12.2. The van der Waals surface area contributed by atoms with Gasteiger partial charge in [-0.3, -0.25) is 11.3 Å². The summed E-state index contributed by atoms with van der Waals surface area (Å²) in [5.74, 6) is 5.75.